The van der Waals surface area contributed by atoms with E-state index in [-0.39, 0.29) is 11.2 Å². The maximum Gasteiger partial charge on any atom is 0.265 e. The lowest BCUT2D eigenvalue weighted by Crippen LogP contribution is -2.31. The molecule has 0 unspecified atom stereocenters. The molecule has 1 amide bonds. The molecule has 0 atom stereocenters. The van der Waals surface area contributed by atoms with E-state index in [2.05, 4.69) is 20.8 Å². The minimum absolute atomic E-state index is 0.136. The van der Waals surface area contributed by atoms with Crippen LogP contribution in [-0.2, 0) is 6.54 Å². The second kappa shape index (κ2) is 6.12. The largest absolute Gasteiger partial charge is 0.301 e. The van der Waals surface area contributed by atoms with Gasteiger partial charge in [0, 0.05) is 24.2 Å². The number of carbonyl (C=O) groups excluding carboxylic acids is 1. The average Bonchev–Trinajstić information content (AvgIpc) is 2.28. The fourth-order valence-electron chi connectivity index (χ4n) is 2.08. The molecule has 0 aliphatic rings. The zero-order chi connectivity index (χ0) is 14.6. The maximum atomic E-state index is 13.7. The molecular weight excluding hydrogens is 245 g/mol. The Labute approximate surface area is 113 Å². The van der Waals surface area contributed by atoms with Crippen molar-refractivity contribution in [3.05, 3.63) is 35.1 Å². The van der Waals surface area contributed by atoms with Gasteiger partial charge < -0.3 is 4.90 Å². The van der Waals surface area contributed by atoms with Gasteiger partial charge in [0.2, 0.25) is 0 Å². The van der Waals surface area contributed by atoms with Crippen LogP contribution in [0.25, 0.3) is 0 Å². The Morgan fingerprint density at radius 3 is 2.58 bits per heavy atom. The number of hydrazine groups is 1. The summed E-state index contributed by atoms with van der Waals surface area (Å²) in [7, 11) is 1.93. The van der Waals surface area contributed by atoms with Gasteiger partial charge in [0.1, 0.15) is 5.82 Å². The van der Waals surface area contributed by atoms with Crippen LogP contribution >= 0.6 is 0 Å². The summed E-state index contributed by atoms with van der Waals surface area (Å²) in [5, 5.41) is 0. The van der Waals surface area contributed by atoms with Crippen molar-refractivity contribution in [2.45, 2.75) is 27.3 Å². The van der Waals surface area contributed by atoms with Gasteiger partial charge in [0.25, 0.3) is 5.91 Å². The highest BCUT2D eigenvalue weighted by Crippen LogP contribution is 2.18. The van der Waals surface area contributed by atoms with Crippen LogP contribution in [0.5, 0.6) is 0 Å². The van der Waals surface area contributed by atoms with Crippen molar-refractivity contribution in [3.63, 3.8) is 0 Å². The lowest BCUT2D eigenvalue weighted by molar-refractivity contribution is 0.0953. The maximum absolute atomic E-state index is 13.7. The second-order valence-corrected chi connectivity index (χ2v) is 6.01. The number of rotatable bonds is 4. The average molecular weight is 267 g/mol. The van der Waals surface area contributed by atoms with Crippen molar-refractivity contribution < 1.29 is 9.18 Å². The Balaban J connectivity index is 2.85. The van der Waals surface area contributed by atoms with E-state index >= 15 is 0 Å². The van der Waals surface area contributed by atoms with Gasteiger partial charge in [-0.25, -0.2) is 10.2 Å². The first-order valence-corrected chi connectivity index (χ1v) is 6.21. The van der Waals surface area contributed by atoms with Crippen LogP contribution in [0.4, 0.5) is 4.39 Å². The Hall–Kier alpha value is -1.46. The van der Waals surface area contributed by atoms with Gasteiger partial charge in [0.15, 0.2) is 0 Å². The summed E-state index contributed by atoms with van der Waals surface area (Å²) in [6.07, 6.45) is 0. The Morgan fingerprint density at radius 2 is 2.05 bits per heavy atom. The van der Waals surface area contributed by atoms with Crippen LogP contribution in [0.2, 0.25) is 0 Å². The zero-order valence-corrected chi connectivity index (χ0v) is 12.0. The van der Waals surface area contributed by atoms with E-state index in [0.29, 0.717) is 17.7 Å². The number of carbonyl (C=O) groups is 1. The molecule has 0 aromatic heterocycles. The monoisotopic (exact) mass is 267 g/mol. The first kappa shape index (κ1) is 15.6. The highest BCUT2D eigenvalue weighted by molar-refractivity contribution is 5.93. The number of benzene rings is 1. The molecule has 5 heteroatoms. The van der Waals surface area contributed by atoms with Crippen molar-refractivity contribution in [2.75, 3.05) is 13.6 Å². The summed E-state index contributed by atoms with van der Waals surface area (Å²) in [4.78, 5) is 13.4. The number of halogens is 1. The van der Waals surface area contributed by atoms with Crippen LogP contribution in [0, 0.1) is 11.2 Å². The van der Waals surface area contributed by atoms with Crippen LogP contribution in [0.15, 0.2) is 18.2 Å². The van der Waals surface area contributed by atoms with E-state index in [1.807, 2.05) is 17.4 Å². The van der Waals surface area contributed by atoms with E-state index in [9.17, 15) is 9.18 Å². The number of nitrogens with one attached hydrogen (secondary N) is 1. The highest BCUT2D eigenvalue weighted by Gasteiger charge is 2.16. The molecule has 1 rings (SSSR count). The van der Waals surface area contributed by atoms with Crippen molar-refractivity contribution >= 4 is 5.91 Å². The number of nitrogen functional groups attached to an aromatic ring is 1. The summed E-state index contributed by atoms with van der Waals surface area (Å²) in [6, 6.07) is 4.26. The molecule has 0 bridgehead atoms. The molecule has 4 nitrogen and oxygen atoms in total. The minimum atomic E-state index is -0.417. The van der Waals surface area contributed by atoms with Gasteiger partial charge in [-0.2, -0.15) is 0 Å². The standard InChI is InChI=1S/C14H22FN3O/c1-14(2,3)9-18(4)8-11-7-10(13(19)17-16)5-6-12(11)15/h5-7H,8-9,16H2,1-4H3,(H,17,19). The van der Waals surface area contributed by atoms with Crippen LogP contribution in [-0.4, -0.2) is 24.4 Å². The number of nitrogens with two attached hydrogens (primary N) is 1. The molecule has 0 spiro atoms. The number of hydrogen-bond donors (Lipinski definition) is 2. The summed E-state index contributed by atoms with van der Waals surface area (Å²) < 4.78 is 13.7. The highest BCUT2D eigenvalue weighted by atomic mass is 19.1. The summed E-state index contributed by atoms with van der Waals surface area (Å²) in [5.74, 6) is 4.35. The summed E-state index contributed by atoms with van der Waals surface area (Å²) >= 11 is 0. The van der Waals surface area contributed by atoms with Gasteiger partial charge in [-0.1, -0.05) is 20.8 Å². The fourth-order valence-corrected chi connectivity index (χ4v) is 2.08. The second-order valence-electron chi connectivity index (χ2n) is 6.01. The molecular formula is C14H22FN3O. The van der Waals surface area contributed by atoms with Gasteiger partial charge >= 0.3 is 0 Å². The Morgan fingerprint density at radius 1 is 1.42 bits per heavy atom. The number of hydrogen-bond acceptors (Lipinski definition) is 3. The van der Waals surface area contributed by atoms with Gasteiger partial charge in [-0.05, 0) is 30.7 Å². The number of amides is 1. The van der Waals surface area contributed by atoms with E-state index < -0.39 is 5.91 Å². The quantitative estimate of drug-likeness (QED) is 0.498. The third-order valence-electron chi connectivity index (χ3n) is 2.62. The SMILES string of the molecule is CN(Cc1cc(C(=O)NN)ccc1F)CC(C)(C)C. The molecule has 0 saturated heterocycles. The predicted octanol–water partition coefficient (Wildman–Crippen LogP) is 1.91. The van der Waals surface area contributed by atoms with E-state index in [1.54, 1.807) is 0 Å². The van der Waals surface area contributed by atoms with Gasteiger partial charge in [0.05, 0.1) is 0 Å². The number of nitrogens with zero attached hydrogens (tertiary/aromatic N) is 1. The van der Waals surface area contributed by atoms with E-state index in [1.165, 1.54) is 18.2 Å². The fraction of sp³-hybridized carbons (Fsp3) is 0.500. The van der Waals surface area contributed by atoms with Crippen molar-refractivity contribution in [3.8, 4) is 0 Å². The van der Waals surface area contributed by atoms with Crippen molar-refractivity contribution in [1.29, 1.82) is 0 Å². The third-order valence-corrected chi connectivity index (χ3v) is 2.62. The first-order chi connectivity index (χ1) is 8.73. The van der Waals surface area contributed by atoms with E-state index in [0.717, 1.165) is 6.54 Å². The lowest BCUT2D eigenvalue weighted by Gasteiger charge is -2.26. The molecule has 0 aliphatic heterocycles. The molecule has 0 radical (unpaired) electrons. The van der Waals surface area contributed by atoms with Crippen molar-refractivity contribution in [2.24, 2.45) is 11.3 Å². The van der Waals surface area contributed by atoms with Crippen LogP contribution < -0.4 is 11.3 Å². The molecule has 19 heavy (non-hydrogen) atoms. The minimum Gasteiger partial charge on any atom is -0.301 e. The molecule has 1 aromatic carbocycles. The predicted molar refractivity (Wildman–Crippen MR) is 73.8 cm³/mol. The van der Waals surface area contributed by atoms with Gasteiger partial charge in [-0.15, -0.1) is 0 Å². The molecule has 3 N–H and O–H groups in total. The zero-order valence-electron chi connectivity index (χ0n) is 12.0. The smallest absolute Gasteiger partial charge is 0.265 e. The molecule has 1 aromatic rings. The van der Waals surface area contributed by atoms with Gasteiger partial charge in [-0.3, -0.25) is 10.2 Å². The molecule has 0 fully saturated rings. The summed E-state index contributed by atoms with van der Waals surface area (Å²) in [6.45, 7) is 7.66. The molecule has 0 aliphatic carbocycles. The summed E-state index contributed by atoms with van der Waals surface area (Å²) in [5.41, 5.74) is 3.04. The van der Waals surface area contributed by atoms with E-state index in [4.69, 9.17) is 5.84 Å². The first-order valence-electron chi connectivity index (χ1n) is 6.21. The molecule has 106 valence electrons. The third kappa shape index (κ3) is 4.96. The Kier molecular flexibility index (Phi) is 5.03. The lowest BCUT2D eigenvalue weighted by atomic mass is 9.96. The van der Waals surface area contributed by atoms with Crippen molar-refractivity contribution in [1.82, 2.24) is 10.3 Å². The topological polar surface area (TPSA) is 58.4 Å². The van der Waals surface area contributed by atoms with Crippen LogP contribution in [0.1, 0.15) is 36.7 Å². The Bertz CT molecular complexity index is 454. The molecule has 0 saturated carbocycles. The normalized spacial score (nSPS) is 11.7. The molecule has 0 heterocycles. The van der Waals surface area contributed by atoms with Crippen LogP contribution in [0.3, 0.4) is 0 Å².